The van der Waals surface area contributed by atoms with Crippen LogP contribution in [0.1, 0.15) is 63.0 Å². The van der Waals surface area contributed by atoms with Crippen molar-refractivity contribution in [2.75, 3.05) is 0 Å². The number of pyridine rings is 2. The van der Waals surface area contributed by atoms with E-state index >= 15 is 0 Å². The van der Waals surface area contributed by atoms with Crippen molar-refractivity contribution in [3.63, 3.8) is 0 Å². The monoisotopic (exact) mass is 928 g/mol. The first kappa shape index (κ1) is 33.3. The maximum Gasteiger partial charge on any atom is 0.269 e. The fraction of sp³-hybridized carbons (Fsp3) is 0.180. The van der Waals surface area contributed by atoms with E-state index in [0.29, 0.717) is 47.1 Å². The number of aromatic nitrogens is 5. The first-order valence-electron chi connectivity index (χ1n) is 21.0. The predicted molar refractivity (Wildman–Crippen MR) is 225 cm³/mol. The van der Waals surface area contributed by atoms with Crippen molar-refractivity contribution < 1.29 is 35.9 Å². The second-order valence-corrected chi connectivity index (χ2v) is 14.0. The molecule has 7 heteroatoms. The number of imidazole rings is 1. The van der Waals surface area contributed by atoms with Crippen LogP contribution in [-0.2, 0) is 27.4 Å². The van der Waals surface area contributed by atoms with Gasteiger partial charge in [-0.1, -0.05) is 112 Å². The summed E-state index contributed by atoms with van der Waals surface area (Å²) in [4.78, 5) is 9.41. The number of rotatable bonds is 11. The average molecular weight is 929 g/mol. The number of hydrogen-bond acceptors (Lipinski definition) is 3. The molecule has 0 N–H and O–H groups in total. The molecule has 286 valence electrons. The predicted octanol–water partition coefficient (Wildman–Crippen LogP) is 11.8. The Balaban J connectivity index is 0.00000514. The molecule has 0 amide bonds. The Morgan fingerprint density at radius 2 is 1.53 bits per heavy atom. The van der Waals surface area contributed by atoms with Gasteiger partial charge in [0.1, 0.15) is 5.82 Å². The van der Waals surface area contributed by atoms with Gasteiger partial charge in [-0.05, 0) is 101 Å². The molecule has 57 heavy (non-hydrogen) atoms. The minimum atomic E-state index is -1.93. The van der Waals surface area contributed by atoms with Crippen LogP contribution in [0.3, 0.4) is 0 Å². The van der Waals surface area contributed by atoms with Gasteiger partial charge in [-0.2, -0.15) is 18.2 Å². The van der Waals surface area contributed by atoms with E-state index in [4.69, 9.17) is 13.8 Å². The molecule has 0 aliphatic heterocycles. The summed E-state index contributed by atoms with van der Waals surface area (Å²) in [6.45, 7) is 7.27. The van der Waals surface area contributed by atoms with Gasteiger partial charge < -0.3 is 9.30 Å². The molecule has 9 rings (SSSR count). The molecule has 4 heterocycles. The molecule has 6 nitrogen and oxygen atoms in total. The van der Waals surface area contributed by atoms with Crippen LogP contribution in [0, 0.1) is 24.4 Å². The zero-order valence-electron chi connectivity index (χ0n) is 36.2. The van der Waals surface area contributed by atoms with Gasteiger partial charge in [0, 0.05) is 44.0 Å². The maximum absolute atomic E-state index is 9.18. The molecule has 0 saturated heterocycles. The van der Waals surface area contributed by atoms with Gasteiger partial charge in [0.2, 0.25) is 0 Å². The molecule has 0 radical (unpaired) electrons. The molecule has 5 aromatic carbocycles. The standard InChI is InChI=1S/C50H43N5O.Pt/c1-5-36(6-2)38-15-12-16-40(29-38)53-33-54(46-22-19-39(30-48(46)53)37-13-8-7-9-14-37)49-32-42(24-26-51-49)56-41-20-21-44-43-17-10-11-18-45(43)55(47(44)31-41)50-28-35(23-25-52-50)27-34(3)4;/h7-26,28-30,34,36H,5-6,27H2,1-4H3;/q-2;/i27D2,34D,36D;. The summed E-state index contributed by atoms with van der Waals surface area (Å²) in [7, 11) is 0. The van der Waals surface area contributed by atoms with Crippen LogP contribution in [0.15, 0.2) is 140 Å². The van der Waals surface area contributed by atoms with Gasteiger partial charge in [0.05, 0.1) is 22.5 Å². The molecule has 0 aliphatic carbocycles. The Kier molecular flexibility index (Phi) is 9.54. The molecule has 0 aliphatic rings. The number of nitrogens with zero attached hydrogens (tertiary/aromatic N) is 5. The molecule has 9 aromatic rings. The zero-order chi connectivity index (χ0) is 41.8. The fourth-order valence-corrected chi connectivity index (χ4v) is 7.52. The van der Waals surface area contributed by atoms with Crippen molar-refractivity contribution in [1.82, 2.24) is 19.1 Å². The van der Waals surface area contributed by atoms with Crippen molar-refractivity contribution in [3.05, 3.63) is 169 Å². The molecule has 4 aromatic heterocycles. The Labute approximate surface area is 354 Å². The van der Waals surface area contributed by atoms with Gasteiger partial charge in [0.15, 0.2) is 0 Å². The first-order chi connectivity index (χ1) is 28.9. The second kappa shape index (κ2) is 16.3. The Hall–Kier alpha value is -5.84. The number of hydrogen-bond donors (Lipinski definition) is 0. The quantitative estimate of drug-likeness (QED) is 0.0959. The van der Waals surface area contributed by atoms with Crippen LogP contribution < -0.4 is 9.30 Å². The minimum absolute atomic E-state index is 0. The van der Waals surface area contributed by atoms with Gasteiger partial charge >= 0.3 is 0 Å². The number of benzene rings is 5. The molecular formula is C50H43N5OPt-2. The normalized spacial score (nSPS) is 13.2. The van der Waals surface area contributed by atoms with E-state index in [1.807, 2.05) is 86.5 Å². The van der Waals surface area contributed by atoms with E-state index < -0.39 is 18.2 Å². The summed E-state index contributed by atoms with van der Waals surface area (Å²) in [6, 6.07) is 48.6. The molecule has 0 atom stereocenters. The summed E-state index contributed by atoms with van der Waals surface area (Å²) in [5.41, 5.74) is 7.77. The largest absolute Gasteiger partial charge is 0.522 e. The average Bonchev–Trinajstić information content (AvgIpc) is 3.82. The smallest absolute Gasteiger partial charge is 0.269 e. The molecule has 0 spiro atoms. The molecule has 0 bridgehead atoms. The molecule has 0 fully saturated rings. The van der Waals surface area contributed by atoms with Crippen molar-refractivity contribution in [2.24, 2.45) is 5.89 Å². The molecule has 0 saturated carbocycles. The van der Waals surface area contributed by atoms with Gasteiger partial charge in [0.25, 0.3) is 6.33 Å². The maximum atomic E-state index is 9.18. The van der Waals surface area contributed by atoms with Crippen molar-refractivity contribution in [1.29, 1.82) is 0 Å². The van der Waals surface area contributed by atoms with Crippen molar-refractivity contribution >= 4 is 32.8 Å². The summed E-state index contributed by atoms with van der Waals surface area (Å²) in [5, 5.41) is 1.93. The third-order valence-corrected chi connectivity index (χ3v) is 10.1. The fourth-order valence-electron chi connectivity index (χ4n) is 7.52. The van der Waals surface area contributed by atoms with E-state index in [9.17, 15) is 1.37 Å². The Bertz CT molecular complexity index is 3040. The van der Waals surface area contributed by atoms with Gasteiger partial charge in [-0.25, -0.2) is 4.98 Å². The van der Waals surface area contributed by atoms with E-state index in [2.05, 4.69) is 73.7 Å². The SMILES string of the molecule is [2H]C(CC)(CC)c1cccc(-[n+]2[c-]n(-c3[c-]c(Oc4[c-]c5c(cc4)c4ccccc4n5-c4cc(C([2H])([2H])C([2H])(C)C)ccn4)ccn3)c3ccc(-c4ccccc4)cc32)c1.[Pt]. The molecule has 0 unspecified atom stereocenters. The van der Waals surface area contributed by atoms with Gasteiger partial charge in [-0.15, -0.1) is 17.5 Å². The van der Waals surface area contributed by atoms with Crippen LogP contribution in [-0.4, -0.2) is 19.1 Å². The van der Waals surface area contributed by atoms with E-state index in [-0.39, 0.29) is 21.1 Å². The van der Waals surface area contributed by atoms with Crippen molar-refractivity contribution in [2.45, 2.75) is 52.8 Å². The topological polar surface area (TPSA) is 48.8 Å². The third-order valence-electron chi connectivity index (χ3n) is 10.1. The number of fused-ring (bicyclic) bond motifs is 4. The number of para-hydroxylation sites is 1. The van der Waals surface area contributed by atoms with Crippen LogP contribution in [0.2, 0.25) is 0 Å². The Morgan fingerprint density at radius 1 is 0.737 bits per heavy atom. The van der Waals surface area contributed by atoms with Crippen LogP contribution in [0.5, 0.6) is 11.5 Å². The molecular weight excluding hydrogens is 882 g/mol. The van der Waals surface area contributed by atoms with Crippen LogP contribution in [0.4, 0.5) is 0 Å². The minimum Gasteiger partial charge on any atom is -0.522 e. The van der Waals surface area contributed by atoms with E-state index in [1.54, 1.807) is 44.4 Å². The van der Waals surface area contributed by atoms with Crippen molar-refractivity contribution in [3.8, 4) is 39.9 Å². The van der Waals surface area contributed by atoms with Gasteiger partial charge in [-0.3, -0.25) is 14.1 Å². The van der Waals surface area contributed by atoms with E-state index in [0.717, 1.165) is 49.7 Å². The van der Waals surface area contributed by atoms with Crippen LogP contribution in [0.25, 0.3) is 61.3 Å². The second-order valence-electron chi connectivity index (χ2n) is 14.0. The summed E-state index contributed by atoms with van der Waals surface area (Å²) < 4.78 is 47.6. The summed E-state index contributed by atoms with van der Waals surface area (Å²) in [5.74, 6) is -0.197. The first-order valence-corrected chi connectivity index (χ1v) is 19.0. The number of ether oxygens (including phenoxy) is 1. The summed E-state index contributed by atoms with van der Waals surface area (Å²) >= 11 is 0. The van der Waals surface area contributed by atoms with Crippen LogP contribution >= 0.6 is 0 Å². The summed E-state index contributed by atoms with van der Waals surface area (Å²) in [6.07, 6.45) is 6.32. The Morgan fingerprint density at radius 3 is 2.35 bits per heavy atom. The third kappa shape index (κ3) is 7.43. The van der Waals surface area contributed by atoms with E-state index in [1.165, 1.54) is 0 Å². The zero-order valence-corrected chi connectivity index (χ0v) is 34.4.